The van der Waals surface area contributed by atoms with Crippen molar-refractivity contribution in [3.05, 3.63) is 59.7 Å². The molecule has 0 atom stereocenters. The van der Waals surface area contributed by atoms with Crippen molar-refractivity contribution in [3.63, 3.8) is 0 Å². The molecule has 0 aliphatic heterocycles. The minimum Gasteiger partial charge on any atom is -0.399 e. The van der Waals surface area contributed by atoms with Crippen LogP contribution in [0.1, 0.15) is 27.1 Å². The highest BCUT2D eigenvalue weighted by Gasteiger charge is 2.05. The Morgan fingerprint density at radius 3 is 1.39 bits per heavy atom. The lowest BCUT2D eigenvalue weighted by molar-refractivity contribution is 0.0952. The lowest BCUT2D eigenvalue weighted by Crippen LogP contribution is -2.29. The first-order valence-corrected chi connectivity index (χ1v) is 7.34. The number of nitrogen functional groups attached to an aromatic ring is 2. The standard InChI is InChI=1S/C17H20N4O2/c18-14-6-2-12(3-7-14)16(22)20-10-1-11-21-17(23)13-4-8-15(19)9-5-13/h2-9H,1,10-11,18-19H2,(H,20,22)(H,21,23). The zero-order chi connectivity index (χ0) is 16.7. The smallest absolute Gasteiger partial charge is 0.251 e. The molecular formula is C17H20N4O2. The van der Waals surface area contributed by atoms with Crippen LogP contribution >= 0.6 is 0 Å². The molecule has 0 saturated heterocycles. The molecule has 0 aromatic heterocycles. The molecule has 23 heavy (non-hydrogen) atoms. The molecule has 0 fully saturated rings. The van der Waals surface area contributed by atoms with Crippen molar-refractivity contribution in [2.75, 3.05) is 24.6 Å². The molecule has 0 radical (unpaired) electrons. The van der Waals surface area contributed by atoms with Gasteiger partial charge in [-0.25, -0.2) is 0 Å². The normalized spacial score (nSPS) is 10.1. The maximum atomic E-state index is 11.9. The summed E-state index contributed by atoms with van der Waals surface area (Å²) in [5.41, 5.74) is 13.5. The molecule has 6 nitrogen and oxygen atoms in total. The molecular weight excluding hydrogens is 292 g/mol. The molecule has 0 bridgehead atoms. The van der Waals surface area contributed by atoms with E-state index in [1.54, 1.807) is 48.5 Å². The Hall–Kier alpha value is -3.02. The van der Waals surface area contributed by atoms with Crippen LogP contribution in [0.5, 0.6) is 0 Å². The summed E-state index contributed by atoms with van der Waals surface area (Å²) in [4.78, 5) is 23.7. The van der Waals surface area contributed by atoms with Gasteiger partial charge >= 0.3 is 0 Å². The number of rotatable bonds is 6. The summed E-state index contributed by atoms with van der Waals surface area (Å²) in [6.45, 7) is 0.955. The number of hydrogen-bond donors (Lipinski definition) is 4. The highest BCUT2D eigenvalue weighted by atomic mass is 16.2. The van der Waals surface area contributed by atoms with Gasteiger partial charge in [-0.15, -0.1) is 0 Å². The first kappa shape index (κ1) is 16.4. The van der Waals surface area contributed by atoms with Crippen molar-refractivity contribution in [3.8, 4) is 0 Å². The quantitative estimate of drug-likeness (QED) is 0.477. The summed E-state index contributed by atoms with van der Waals surface area (Å²) in [6.07, 6.45) is 0.640. The van der Waals surface area contributed by atoms with Gasteiger partial charge in [0.25, 0.3) is 11.8 Å². The topological polar surface area (TPSA) is 110 Å². The number of hydrogen-bond acceptors (Lipinski definition) is 4. The zero-order valence-electron chi connectivity index (χ0n) is 12.7. The van der Waals surface area contributed by atoms with Crippen LogP contribution < -0.4 is 22.1 Å². The molecule has 2 rings (SSSR count). The van der Waals surface area contributed by atoms with Gasteiger partial charge in [-0.05, 0) is 55.0 Å². The van der Waals surface area contributed by atoms with Gasteiger partial charge in [0.1, 0.15) is 0 Å². The second-order valence-electron chi connectivity index (χ2n) is 5.11. The molecule has 0 unspecified atom stereocenters. The van der Waals surface area contributed by atoms with E-state index >= 15 is 0 Å². The van der Waals surface area contributed by atoms with Crippen molar-refractivity contribution in [1.29, 1.82) is 0 Å². The number of nitrogens with two attached hydrogens (primary N) is 2. The second-order valence-corrected chi connectivity index (χ2v) is 5.11. The summed E-state index contributed by atoms with van der Waals surface area (Å²) < 4.78 is 0. The molecule has 120 valence electrons. The van der Waals surface area contributed by atoms with Gasteiger partial charge in [-0.2, -0.15) is 0 Å². The minimum atomic E-state index is -0.158. The Morgan fingerprint density at radius 1 is 0.696 bits per heavy atom. The van der Waals surface area contributed by atoms with Crippen LogP contribution in [0.15, 0.2) is 48.5 Å². The Kier molecular flexibility index (Phi) is 5.57. The molecule has 2 aromatic carbocycles. The van der Waals surface area contributed by atoms with Gasteiger partial charge in [0.2, 0.25) is 0 Å². The van der Waals surface area contributed by atoms with E-state index in [1.165, 1.54) is 0 Å². The van der Waals surface area contributed by atoms with E-state index in [0.29, 0.717) is 42.0 Å². The fourth-order valence-electron chi connectivity index (χ4n) is 1.97. The third kappa shape index (κ3) is 5.03. The maximum absolute atomic E-state index is 11.9. The van der Waals surface area contributed by atoms with E-state index in [-0.39, 0.29) is 11.8 Å². The molecule has 6 heteroatoms. The molecule has 0 aliphatic carbocycles. The van der Waals surface area contributed by atoms with E-state index in [2.05, 4.69) is 10.6 Å². The van der Waals surface area contributed by atoms with Crippen LogP contribution in [-0.4, -0.2) is 24.9 Å². The molecule has 0 spiro atoms. The van der Waals surface area contributed by atoms with E-state index < -0.39 is 0 Å². The summed E-state index contributed by atoms with van der Waals surface area (Å²) in [7, 11) is 0. The minimum absolute atomic E-state index is 0.158. The number of carbonyl (C=O) groups excluding carboxylic acids is 2. The fraction of sp³-hybridized carbons (Fsp3) is 0.176. The van der Waals surface area contributed by atoms with Crippen molar-refractivity contribution in [2.45, 2.75) is 6.42 Å². The van der Waals surface area contributed by atoms with E-state index in [0.717, 1.165) is 0 Å². The lowest BCUT2D eigenvalue weighted by Gasteiger charge is -2.07. The monoisotopic (exact) mass is 312 g/mol. The Balaban J connectivity index is 1.67. The third-order valence-electron chi connectivity index (χ3n) is 3.27. The largest absolute Gasteiger partial charge is 0.399 e. The molecule has 2 aromatic rings. The number of amides is 2. The SMILES string of the molecule is Nc1ccc(C(=O)NCCCNC(=O)c2ccc(N)cc2)cc1. The van der Waals surface area contributed by atoms with Crippen molar-refractivity contribution in [2.24, 2.45) is 0 Å². The van der Waals surface area contributed by atoms with Crippen molar-refractivity contribution >= 4 is 23.2 Å². The Bertz CT molecular complexity index is 606. The fourth-order valence-corrected chi connectivity index (χ4v) is 1.97. The van der Waals surface area contributed by atoms with Crippen LogP contribution in [0.2, 0.25) is 0 Å². The Labute approximate surface area is 134 Å². The summed E-state index contributed by atoms with van der Waals surface area (Å²) in [5.74, 6) is -0.315. The molecule has 2 amide bonds. The van der Waals surface area contributed by atoms with Gasteiger partial charge in [0.05, 0.1) is 0 Å². The predicted octanol–water partition coefficient (Wildman–Crippen LogP) is 1.40. The number of benzene rings is 2. The first-order valence-electron chi connectivity index (χ1n) is 7.34. The number of anilines is 2. The van der Waals surface area contributed by atoms with Gasteiger partial charge in [0, 0.05) is 35.6 Å². The zero-order valence-corrected chi connectivity index (χ0v) is 12.7. The molecule has 0 saturated carbocycles. The van der Waals surface area contributed by atoms with E-state index in [4.69, 9.17) is 11.5 Å². The van der Waals surface area contributed by atoms with Gasteiger partial charge < -0.3 is 22.1 Å². The second kappa shape index (κ2) is 7.84. The van der Waals surface area contributed by atoms with Crippen molar-refractivity contribution in [1.82, 2.24) is 10.6 Å². The van der Waals surface area contributed by atoms with Gasteiger partial charge in [-0.3, -0.25) is 9.59 Å². The predicted molar refractivity (Wildman–Crippen MR) is 91.0 cm³/mol. The number of nitrogens with one attached hydrogen (secondary N) is 2. The Morgan fingerprint density at radius 2 is 1.04 bits per heavy atom. The van der Waals surface area contributed by atoms with Crippen LogP contribution in [0.4, 0.5) is 11.4 Å². The maximum Gasteiger partial charge on any atom is 0.251 e. The van der Waals surface area contributed by atoms with E-state index in [1.807, 2.05) is 0 Å². The van der Waals surface area contributed by atoms with Crippen LogP contribution in [0, 0.1) is 0 Å². The van der Waals surface area contributed by atoms with E-state index in [9.17, 15) is 9.59 Å². The van der Waals surface area contributed by atoms with Crippen LogP contribution in [0.25, 0.3) is 0 Å². The van der Waals surface area contributed by atoms with Crippen LogP contribution in [0.3, 0.4) is 0 Å². The highest BCUT2D eigenvalue weighted by molar-refractivity contribution is 5.95. The van der Waals surface area contributed by atoms with Crippen molar-refractivity contribution < 1.29 is 9.59 Å². The lowest BCUT2D eigenvalue weighted by atomic mass is 10.2. The summed E-state index contributed by atoms with van der Waals surface area (Å²) >= 11 is 0. The average Bonchev–Trinajstić information content (AvgIpc) is 2.55. The molecule has 0 heterocycles. The average molecular weight is 312 g/mol. The van der Waals surface area contributed by atoms with Gasteiger partial charge in [-0.1, -0.05) is 0 Å². The summed E-state index contributed by atoms with van der Waals surface area (Å²) in [6, 6.07) is 13.4. The third-order valence-corrected chi connectivity index (χ3v) is 3.27. The van der Waals surface area contributed by atoms with Gasteiger partial charge in [0.15, 0.2) is 0 Å². The molecule has 6 N–H and O–H groups in total. The summed E-state index contributed by atoms with van der Waals surface area (Å²) in [5, 5.41) is 5.58. The first-order chi connectivity index (χ1) is 11.1. The molecule has 0 aliphatic rings. The highest BCUT2D eigenvalue weighted by Crippen LogP contribution is 2.06. The van der Waals surface area contributed by atoms with Crippen LogP contribution in [-0.2, 0) is 0 Å². The number of carbonyl (C=O) groups is 2.